The highest BCUT2D eigenvalue weighted by Gasteiger charge is 2.44. The van der Waals surface area contributed by atoms with Crippen LogP contribution in [-0.4, -0.2) is 54.9 Å². The normalized spacial score (nSPS) is 22.5. The van der Waals surface area contributed by atoms with E-state index in [1.54, 1.807) is 23.1 Å². The first kappa shape index (κ1) is 27.8. The van der Waals surface area contributed by atoms with Crippen molar-refractivity contribution in [2.45, 2.75) is 89.0 Å². The maximum atomic E-state index is 13.2. The van der Waals surface area contributed by atoms with Crippen molar-refractivity contribution in [3.05, 3.63) is 35.4 Å². The molecule has 1 aliphatic carbocycles. The number of alkyl halides is 3. The molecule has 198 valence electrons. The monoisotopic (exact) mass is 497 g/mol. The number of urea groups is 1. The summed E-state index contributed by atoms with van der Waals surface area (Å²) < 4.78 is 39.5. The summed E-state index contributed by atoms with van der Waals surface area (Å²) in [6.07, 6.45) is 2.50. The van der Waals surface area contributed by atoms with Crippen molar-refractivity contribution in [1.29, 1.82) is 0 Å². The Hall–Kier alpha value is -1.80. The Kier molecular flexibility index (Phi) is 9.87. The fourth-order valence-corrected chi connectivity index (χ4v) is 5.91. The highest BCUT2D eigenvalue weighted by molar-refractivity contribution is 5.74. The van der Waals surface area contributed by atoms with Gasteiger partial charge in [-0.2, -0.15) is 13.2 Å². The van der Waals surface area contributed by atoms with Crippen molar-refractivity contribution in [3.63, 3.8) is 0 Å². The standard InChI is InChI=1S/C27H42F3N3O2/c1-20-8-6-11-22(16-20)26(35,13-14-27(28,29)30)23-12-7-15-33(19-23)25(34)32-24(18-31-2)17-21-9-4-3-5-10-21/h6,8,11,16,21,23-24,31,35H,3-5,7,9-10,12-15,17-19H2,1-2H3,(H,32,34)/t23-,24?,26?/m1/s1. The van der Waals surface area contributed by atoms with Crippen molar-refractivity contribution < 1.29 is 23.1 Å². The summed E-state index contributed by atoms with van der Waals surface area (Å²) in [6, 6.07) is 6.93. The molecule has 0 aromatic heterocycles. The first-order chi connectivity index (χ1) is 16.6. The molecule has 0 bridgehead atoms. The summed E-state index contributed by atoms with van der Waals surface area (Å²) in [7, 11) is 1.87. The molecule has 1 saturated heterocycles. The van der Waals surface area contributed by atoms with Crippen LogP contribution < -0.4 is 10.6 Å². The number of piperidine rings is 1. The molecule has 8 heteroatoms. The number of halogens is 3. The number of amides is 2. The second-order valence-electron chi connectivity index (χ2n) is 10.6. The van der Waals surface area contributed by atoms with Crippen LogP contribution in [0.4, 0.5) is 18.0 Å². The van der Waals surface area contributed by atoms with Gasteiger partial charge in [0.2, 0.25) is 0 Å². The molecule has 1 saturated carbocycles. The highest BCUT2D eigenvalue weighted by atomic mass is 19.4. The minimum atomic E-state index is -4.36. The minimum Gasteiger partial charge on any atom is -0.385 e. The average Bonchev–Trinajstić information content (AvgIpc) is 2.83. The van der Waals surface area contributed by atoms with Crippen LogP contribution in [0.1, 0.15) is 75.3 Å². The smallest absolute Gasteiger partial charge is 0.385 e. The third-order valence-corrected chi connectivity index (χ3v) is 7.81. The molecule has 2 fully saturated rings. The molecule has 1 heterocycles. The molecule has 2 aliphatic rings. The third kappa shape index (κ3) is 8.10. The number of hydrogen-bond acceptors (Lipinski definition) is 3. The number of likely N-dealkylation sites (N-methyl/N-ethyl adjacent to an activating group) is 1. The van der Waals surface area contributed by atoms with Gasteiger partial charge in [-0.25, -0.2) is 4.79 Å². The summed E-state index contributed by atoms with van der Waals surface area (Å²) in [5.74, 6) is 0.150. The number of nitrogens with zero attached hydrogens (tertiary/aromatic N) is 1. The highest BCUT2D eigenvalue weighted by Crippen LogP contribution is 2.42. The summed E-state index contributed by atoms with van der Waals surface area (Å²) in [6.45, 7) is 3.33. The predicted octanol–water partition coefficient (Wildman–Crippen LogP) is 5.51. The van der Waals surface area contributed by atoms with Crippen LogP contribution in [0.25, 0.3) is 0 Å². The van der Waals surface area contributed by atoms with Gasteiger partial charge in [-0.1, -0.05) is 61.9 Å². The van der Waals surface area contributed by atoms with E-state index in [4.69, 9.17) is 0 Å². The minimum absolute atomic E-state index is 0.0110. The quantitative estimate of drug-likeness (QED) is 0.422. The number of likely N-dealkylation sites (tertiary alicyclic amines) is 1. The van der Waals surface area contributed by atoms with Crippen LogP contribution in [0.3, 0.4) is 0 Å². The molecule has 3 rings (SSSR count). The Balaban J connectivity index is 1.71. The largest absolute Gasteiger partial charge is 0.389 e. The van der Waals surface area contributed by atoms with Gasteiger partial charge in [0.05, 0.1) is 5.60 Å². The van der Waals surface area contributed by atoms with E-state index in [0.717, 1.165) is 12.0 Å². The van der Waals surface area contributed by atoms with E-state index in [9.17, 15) is 23.1 Å². The van der Waals surface area contributed by atoms with Gasteiger partial charge in [-0.3, -0.25) is 0 Å². The van der Waals surface area contributed by atoms with E-state index >= 15 is 0 Å². The topological polar surface area (TPSA) is 64.6 Å². The van der Waals surface area contributed by atoms with Crippen molar-refractivity contribution in [2.24, 2.45) is 11.8 Å². The fraction of sp³-hybridized carbons (Fsp3) is 0.741. The van der Waals surface area contributed by atoms with Gasteiger partial charge in [0.15, 0.2) is 0 Å². The Labute approximate surface area is 207 Å². The first-order valence-corrected chi connectivity index (χ1v) is 13.2. The van der Waals surface area contributed by atoms with Gasteiger partial charge < -0.3 is 20.6 Å². The van der Waals surface area contributed by atoms with E-state index in [-0.39, 0.29) is 18.6 Å². The van der Waals surface area contributed by atoms with Gasteiger partial charge >= 0.3 is 12.2 Å². The van der Waals surface area contributed by atoms with Crippen LogP contribution in [0.2, 0.25) is 0 Å². The Morgan fingerprint density at radius 2 is 1.89 bits per heavy atom. The SMILES string of the molecule is CNCC(CC1CCCCC1)NC(=O)N1CCC[C@@H](C(O)(CCC(F)(F)F)c2cccc(C)c2)C1. The van der Waals surface area contributed by atoms with E-state index in [0.29, 0.717) is 37.4 Å². The van der Waals surface area contributed by atoms with Gasteiger partial charge in [-0.15, -0.1) is 0 Å². The molecular weight excluding hydrogens is 455 g/mol. The molecule has 3 N–H and O–H groups in total. The van der Waals surface area contributed by atoms with E-state index in [1.807, 2.05) is 20.0 Å². The van der Waals surface area contributed by atoms with Gasteiger partial charge in [0.25, 0.3) is 0 Å². The van der Waals surface area contributed by atoms with Crippen LogP contribution in [0, 0.1) is 18.8 Å². The molecule has 5 nitrogen and oxygen atoms in total. The number of aliphatic hydroxyl groups is 1. The van der Waals surface area contributed by atoms with Crippen molar-refractivity contribution in [1.82, 2.24) is 15.5 Å². The van der Waals surface area contributed by atoms with Crippen LogP contribution in [-0.2, 0) is 5.60 Å². The van der Waals surface area contributed by atoms with E-state index in [1.165, 1.54) is 32.1 Å². The number of nitrogens with one attached hydrogen (secondary N) is 2. The number of aryl methyl sites for hydroxylation is 1. The number of carbonyl (C=O) groups excluding carboxylic acids is 1. The summed E-state index contributed by atoms with van der Waals surface area (Å²) in [5.41, 5.74) is -0.261. The lowest BCUT2D eigenvalue weighted by Gasteiger charge is -2.43. The lowest BCUT2D eigenvalue weighted by Crippen LogP contribution is -2.54. The van der Waals surface area contributed by atoms with Gasteiger partial charge in [0, 0.05) is 38.0 Å². The van der Waals surface area contributed by atoms with Crippen LogP contribution in [0.15, 0.2) is 24.3 Å². The van der Waals surface area contributed by atoms with E-state index < -0.39 is 30.5 Å². The molecule has 2 unspecified atom stereocenters. The third-order valence-electron chi connectivity index (χ3n) is 7.81. The van der Waals surface area contributed by atoms with Crippen molar-refractivity contribution in [3.8, 4) is 0 Å². The molecular formula is C27H42F3N3O2. The summed E-state index contributed by atoms with van der Waals surface area (Å²) in [5, 5.41) is 18.1. The molecule has 1 aliphatic heterocycles. The predicted molar refractivity (Wildman–Crippen MR) is 132 cm³/mol. The number of rotatable bonds is 9. The zero-order valence-electron chi connectivity index (χ0n) is 21.2. The molecule has 35 heavy (non-hydrogen) atoms. The molecule has 1 aromatic rings. The van der Waals surface area contributed by atoms with E-state index in [2.05, 4.69) is 10.6 Å². The molecule has 3 atom stereocenters. The number of carbonyl (C=O) groups is 1. The van der Waals surface area contributed by atoms with Crippen molar-refractivity contribution in [2.75, 3.05) is 26.7 Å². The lowest BCUT2D eigenvalue weighted by molar-refractivity contribution is -0.155. The maximum Gasteiger partial charge on any atom is 0.389 e. The molecule has 0 radical (unpaired) electrons. The van der Waals surface area contributed by atoms with Crippen molar-refractivity contribution >= 4 is 6.03 Å². The van der Waals surface area contributed by atoms with Gasteiger partial charge in [0.1, 0.15) is 0 Å². The molecule has 0 spiro atoms. The lowest BCUT2D eigenvalue weighted by atomic mass is 9.74. The number of benzene rings is 1. The first-order valence-electron chi connectivity index (χ1n) is 13.2. The number of hydrogen-bond donors (Lipinski definition) is 3. The Morgan fingerprint density at radius 3 is 2.54 bits per heavy atom. The maximum absolute atomic E-state index is 13.2. The zero-order chi connectivity index (χ0) is 25.5. The van der Waals surface area contributed by atoms with Crippen LogP contribution >= 0.6 is 0 Å². The molecule has 2 amide bonds. The summed E-state index contributed by atoms with van der Waals surface area (Å²) >= 11 is 0. The second kappa shape index (κ2) is 12.4. The van der Waals surface area contributed by atoms with Gasteiger partial charge in [-0.05, 0) is 51.1 Å². The van der Waals surface area contributed by atoms with Crippen LogP contribution in [0.5, 0.6) is 0 Å². The fourth-order valence-electron chi connectivity index (χ4n) is 5.91. The Bertz CT molecular complexity index is 813. The second-order valence-corrected chi connectivity index (χ2v) is 10.6. The summed E-state index contributed by atoms with van der Waals surface area (Å²) in [4.78, 5) is 14.9. The Morgan fingerprint density at radius 1 is 1.14 bits per heavy atom. The molecule has 1 aromatic carbocycles. The average molecular weight is 498 g/mol. The zero-order valence-corrected chi connectivity index (χ0v) is 21.2.